The Kier molecular flexibility index (Phi) is 4.30. The maximum Gasteiger partial charge on any atom is 0.161 e. The maximum atomic E-state index is 5.14. The number of benzene rings is 1. The Bertz CT molecular complexity index is 443. The van der Waals surface area contributed by atoms with Gasteiger partial charge in [-0.1, -0.05) is 30.0 Å². The SMILES string of the molecule is COCCc1ccccc1NC1=NC(C)(C)CS1. The van der Waals surface area contributed by atoms with Crippen LogP contribution >= 0.6 is 11.8 Å². The average molecular weight is 264 g/mol. The van der Waals surface area contributed by atoms with Crippen LogP contribution in [0.1, 0.15) is 19.4 Å². The summed E-state index contributed by atoms with van der Waals surface area (Å²) in [6.07, 6.45) is 0.918. The highest BCUT2D eigenvalue weighted by Crippen LogP contribution is 2.28. The fraction of sp³-hybridized carbons (Fsp3) is 0.500. The van der Waals surface area contributed by atoms with E-state index in [9.17, 15) is 0 Å². The van der Waals surface area contributed by atoms with E-state index in [0.717, 1.165) is 29.6 Å². The molecule has 3 nitrogen and oxygen atoms in total. The van der Waals surface area contributed by atoms with Crippen molar-refractivity contribution in [1.29, 1.82) is 0 Å². The number of anilines is 1. The van der Waals surface area contributed by atoms with Crippen molar-refractivity contribution in [2.45, 2.75) is 25.8 Å². The molecular weight excluding hydrogens is 244 g/mol. The van der Waals surface area contributed by atoms with Gasteiger partial charge in [0.1, 0.15) is 0 Å². The van der Waals surface area contributed by atoms with E-state index in [1.165, 1.54) is 5.56 Å². The van der Waals surface area contributed by atoms with E-state index in [-0.39, 0.29) is 5.54 Å². The Hall–Kier alpha value is -1.000. The number of methoxy groups -OCH3 is 1. The topological polar surface area (TPSA) is 33.6 Å². The zero-order valence-corrected chi connectivity index (χ0v) is 12.0. The summed E-state index contributed by atoms with van der Waals surface area (Å²) in [4.78, 5) is 4.67. The zero-order chi connectivity index (χ0) is 13.0. The quantitative estimate of drug-likeness (QED) is 0.907. The van der Waals surface area contributed by atoms with Crippen molar-refractivity contribution in [2.24, 2.45) is 4.99 Å². The third-order valence-electron chi connectivity index (χ3n) is 2.80. The van der Waals surface area contributed by atoms with Crippen molar-refractivity contribution in [3.63, 3.8) is 0 Å². The molecule has 0 atom stereocenters. The van der Waals surface area contributed by atoms with E-state index in [2.05, 4.69) is 42.4 Å². The van der Waals surface area contributed by atoms with Crippen LogP contribution in [-0.2, 0) is 11.2 Å². The minimum Gasteiger partial charge on any atom is -0.384 e. The van der Waals surface area contributed by atoms with Crippen LogP contribution in [0.5, 0.6) is 0 Å². The summed E-state index contributed by atoms with van der Waals surface area (Å²) in [6, 6.07) is 8.33. The summed E-state index contributed by atoms with van der Waals surface area (Å²) in [5.74, 6) is 1.04. The van der Waals surface area contributed by atoms with Gasteiger partial charge in [0.2, 0.25) is 0 Å². The summed E-state index contributed by atoms with van der Waals surface area (Å²) in [7, 11) is 1.73. The third kappa shape index (κ3) is 3.50. The zero-order valence-electron chi connectivity index (χ0n) is 11.2. The average Bonchev–Trinajstić information content (AvgIpc) is 2.68. The van der Waals surface area contributed by atoms with Gasteiger partial charge in [-0.2, -0.15) is 0 Å². The fourth-order valence-electron chi connectivity index (χ4n) is 1.84. The molecule has 0 aliphatic carbocycles. The number of para-hydroxylation sites is 1. The Morgan fingerprint density at radius 2 is 2.17 bits per heavy atom. The van der Waals surface area contributed by atoms with Crippen LogP contribution in [0.15, 0.2) is 29.3 Å². The van der Waals surface area contributed by atoms with Gasteiger partial charge >= 0.3 is 0 Å². The first-order valence-corrected chi connectivity index (χ1v) is 7.16. The molecule has 0 amide bonds. The first-order valence-electron chi connectivity index (χ1n) is 6.17. The number of nitrogens with one attached hydrogen (secondary N) is 1. The molecule has 0 saturated carbocycles. The number of rotatable bonds is 4. The van der Waals surface area contributed by atoms with Crippen molar-refractivity contribution in [2.75, 3.05) is 24.8 Å². The van der Waals surface area contributed by atoms with E-state index in [4.69, 9.17) is 4.74 Å². The van der Waals surface area contributed by atoms with Gasteiger partial charge in [0.25, 0.3) is 0 Å². The van der Waals surface area contributed by atoms with E-state index in [1.54, 1.807) is 18.9 Å². The largest absolute Gasteiger partial charge is 0.384 e. The van der Waals surface area contributed by atoms with E-state index in [1.807, 2.05) is 6.07 Å². The summed E-state index contributed by atoms with van der Waals surface area (Å²) < 4.78 is 5.14. The van der Waals surface area contributed by atoms with Crippen LogP contribution in [0, 0.1) is 0 Å². The monoisotopic (exact) mass is 264 g/mol. The molecule has 0 radical (unpaired) electrons. The predicted octanol–water partition coefficient (Wildman–Crippen LogP) is 3.17. The molecule has 1 aliphatic rings. The first-order chi connectivity index (χ1) is 8.61. The number of amidine groups is 1. The lowest BCUT2D eigenvalue weighted by molar-refractivity contribution is 0.202. The van der Waals surface area contributed by atoms with Crippen molar-refractivity contribution in [3.8, 4) is 0 Å². The standard InChI is InChI=1S/C14H20N2OS/c1-14(2)10-18-13(16-14)15-12-7-5-4-6-11(12)8-9-17-3/h4-7H,8-10H2,1-3H3,(H,15,16). The van der Waals surface area contributed by atoms with Crippen LogP contribution in [0.2, 0.25) is 0 Å². The van der Waals surface area contributed by atoms with Gasteiger partial charge in [0.05, 0.1) is 12.1 Å². The lowest BCUT2D eigenvalue weighted by Crippen LogP contribution is -2.15. The van der Waals surface area contributed by atoms with E-state index < -0.39 is 0 Å². The molecule has 1 N–H and O–H groups in total. The predicted molar refractivity (Wildman–Crippen MR) is 79.6 cm³/mol. The number of ether oxygens (including phenoxy) is 1. The summed E-state index contributed by atoms with van der Waals surface area (Å²) in [5, 5.41) is 4.45. The van der Waals surface area contributed by atoms with Gasteiger partial charge in [-0.15, -0.1) is 0 Å². The Morgan fingerprint density at radius 1 is 1.39 bits per heavy atom. The van der Waals surface area contributed by atoms with Crippen molar-refractivity contribution in [1.82, 2.24) is 0 Å². The minimum atomic E-state index is 0.0501. The summed E-state index contributed by atoms with van der Waals surface area (Å²) >= 11 is 1.78. The molecule has 1 aliphatic heterocycles. The highest BCUT2D eigenvalue weighted by atomic mass is 32.2. The van der Waals surface area contributed by atoms with E-state index in [0.29, 0.717) is 0 Å². The van der Waals surface area contributed by atoms with E-state index >= 15 is 0 Å². The number of hydrogen-bond acceptors (Lipinski definition) is 4. The van der Waals surface area contributed by atoms with Crippen molar-refractivity contribution >= 4 is 22.6 Å². The van der Waals surface area contributed by atoms with Gasteiger partial charge in [-0.05, 0) is 31.9 Å². The number of nitrogens with zero attached hydrogens (tertiary/aromatic N) is 1. The van der Waals surface area contributed by atoms with Crippen LogP contribution in [0.4, 0.5) is 5.69 Å². The molecule has 98 valence electrons. The molecule has 0 spiro atoms. The van der Waals surface area contributed by atoms with Gasteiger partial charge in [-0.3, -0.25) is 4.99 Å². The molecule has 18 heavy (non-hydrogen) atoms. The number of aliphatic imine (C=N–C) groups is 1. The lowest BCUT2D eigenvalue weighted by Gasteiger charge is -2.11. The second kappa shape index (κ2) is 5.76. The molecule has 0 aromatic heterocycles. The van der Waals surface area contributed by atoms with Gasteiger partial charge in [0, 0.05) is 18.6 Å². The molecule has 2 rings (SSSR count). The normalized spacial score (nSPS) is 17.6. The number of hydrogen-bond donors (Lipinski definition) is 1. The van der Waals surface area contributed by atoms with Crippen LogP contribution in [0.3, 0.4) is 0 Å². The molecule has 1 aromatic rings. The summed E-state index contributed by atoms with van der Waals surface area (Å²) in [5.41, 5.74) is 2.46. The minimum absolute atomic E-state index is 0.0501. The summed E-state index contributed by atoms with van der Waals surface area (Å²) in [6.45, 7) is 5.06. The Morgan fingerprint density at radius 3 is 2.83 bits per heavy atom. The molecule has 1 heterocycles. The van der Waals surface area contributed by atoms with Crippen LogP contribution in [-0.4, -0.2) is 30.2 Å². The maximum absolute atomic E-state index is 5.14. The first kappa shape index (κ1) is 13.4. The van der Waals surface area contributed by atoms with Crippen molar-refractivity contribution in [3.05, 3.63) is 29.8 Å². The van der Waals surface area contributed by atoms with Gasteiger partial charge in [-0.25, -0.2) is 0 Å². The smallest absolute Gasteiger partial charge is 0.161 e. The second-order valence-corrected chi connectivity index (χ2v) is 6.01. The molecular formula is C14H20N2OS. The van der Waals surface area contributed by atoms with Gasteiger partial charge in [0.15, 0.2) is 5.17 Å². The molecule has 1 aromatic carbocycles. The Balaban J connectivity index is 2.09. The van der Waals surface area contributed by atoms with Crippen molar-refractivity contribution < 1.29 is 4.74 Å². The molecule has 0 fully saturated rings. The van der Waals surface area contributed by atoms with Crippen LogP contribution in [0.25, 0.3) is 0 Å². The third-order valence-corrected chi connectivity index (χ3v) is 4.12. The molecule has 0 unspecified atom stereocenters. The molecule has 4 heteroatoms. The molecule has 0 bridgehead atoms. The van der Waals surface area contributed by atoms with Gasteiger partial charge < -0.3 is 10.1 Å². The molecule has 0 saturated heterocycles. The fourth-order valence-corrected chi connectivity index (χ4v) is 2.88. The van der Waals surface area contributed by atoms with Crippen LogP contribution < -0.4 is 5.32 Å². The highest BCUT2D eigenvalue weighted by molar-refractivity contribution is 8.14. The Labute approximate surface area is 113 Å². The number of thioether (sulfide) groups is 1. The second-order valence-electron chi connectivity index (χ2n) is 5.04. The highest BCUT2D eigenvalue weighted by Gasteiger charge is 2.25. The lowest BCUT2D eigenvalue weighted by atomic mass is 10.1.